The maximum atomic E-state index is 13.9. The Bertz CT molecular complexity index is 1510. The van der Waals surface area contributed by atoms with Gasteiger partial charge in [0, 0.05) is 10.6 Å². The molecule has 5 nitrogen and oxygen atoms in total. The number of rotatable bonds is 7. The molecule has 4 aromatic rings. The van der Waals surface area contributed by atoms with Crippen molar-refractivity contribution in [1.29, 1.82) is 0 Å². The van der Waals surface area contributed by atoms with Gasteiger partial charge in [0.05, 0.1) is 16.8 Å². The van der Waals surface area contributed by atoms with Crippen LogP contribution in [0, 0.1) is 41.5 Å². The minimum Gasteiger partial charge on any atom is -0.325 e. The van der Waals surface area contributed by atoms with Gasteiger partial charge in [0.1, 0.15) is 4.83 Å². The van der Waals surface area contributed by atoms with Crippen molar-refractivity contribution in [2.75, 3.05) is 11.1 Å². The van der Waals surface area contributed by atoms with Crippen LogP contribution < -0.4 is 10.9 Å². The number of hydrogen-bond donors (Lipinski definition) is 1. The minimum atomic E-state index is -0.120. The number of nitrogens with one attached hydrogen (secondary N) is 1. The second-order valence-electron chi connectivity index (χ2n) is 9.49. The SMILES string of the molecule is CCCc1sc2nc(SCC(=O)Nc3c(C)cc(C)cc3C)n(-c3ccc(C)c(C)c3)c(=O)c2c1C. The first-order chi connectivity index (χ1) is 17.1. The number of aromatic nitrogens is 2. The van der Waals surface area contributed by atoms with Gasteiger partial charge in [-0.15, -0.1) is 11.3 Å². The van der Waals surface area contributed by atoms with Crippen LogP contribution in [0.3, 0.4) is 0 Å². The molecular weight excluding hydrogens is 486 g/mol. The van der Waals surface area contributed by atoms with Crippen LogP contribution in [0.1, 0.15) is 51.6 Å². The Morgan fingerprint density at radius 1 is 1.00 bits per heavy atom. The second-order valence-corrected chi connectivity index (χ2v) is 11.5. The Kier molecular flexibility index (Phi) is 7.71. The van der Waals surface area contributed by atoms with Gasteiger partial charge < -0.3 is 5.32 Å². The molecule has 1 amide bonds. The summed E-state index contributed by atoms with van der Waals surface area (Å²) in [7, 11) is 0. The third-order valence-electron chi connectivity index (χ3n) is 6.53. The summed E-state index contributed by atoms with van der Waals surface area (Å²) in [5.74, 6) is 0.0342. The van der Waals surface area contributed by atoms with Crippen molar-refractivity contribution in [1.82, 2.24) is 9.55 Å². The van der Waals surface area contributed by atoms with Gasteiger partial charge in [0.15, 0.2) is 5.16 Å². The third kappa shape index (κ3) is 5.13. The molecule has 0 unspecified atom stereocenters. The fourth-order valence-electron chi connectivity index (χ4n) is 4.55. The summed E-state index contributed by atoms with van der Waals surface area (Å²) < 4.78 is 1.67. The van der Waals surface area contributed by atoms with Crippen molar-refractivity contribution in [3.05, 3.63) is 78.9 Å². The van der Waals surface area contributed by atoms with Gasteiger partial charge in [-0.25, -0.2) is 4.98 Å². The molecule has 36 heavy (non-hydrogen) atoms. The van der Waals surface area contributed by atoms with Crippen molar-refractivity contribution in [3.8, 4) is 5.69 Å². The van der Waals surface area contributed by atoms with Crippen molar-refractivity contribution in [2.24, 2.45) is 0 Å². The number of thioether (sulfide) groups is 1. The molecule has 1 N–H and O–H groups in total. The maximum absolute atomic E-state index is 13.9. The summed E-state index contributed by atoms with van der Waals surface area (Å²) in [6, 6.07) is 10.1. The van der Waals surface area contributed by atoms with Crippen LogP contribution in [-0.2, 0) is 11.2 Å². The zero-order valence-corrected chi connectivity index (χ0v) is 23.7. The number of thiophene rings is 1. The van der Waals surface area contributed by atoms with E-state index >= 15 is 0 Å². The quantitative estimate of drug-likeness (QED) is 0.211. The van der Waals surface area contributed by atoms with E-state index in [2.05, 4.69) is 31.3 Å². The van der Waals surface area contributed by atoms with E-state index in [1.807, 2.05) is 52.8 Å². The topological polar surface area (TPSA) is 64.0 Å². The van der Waals surface area contributed by atoms with E-state index in [0.29, 0.717) is 10.5 Å². The summed E-state index contributed by atoms with van der Waals surface area (Å²) in [4.78, 5) is 33.7. The van der Waals surface area contributed by atoms with Gasteiger partial charge in [0.2, 0.25) is 5.91 Å². The minimum absolute atomic E-state index is 0.0764. The molecule has 0 fully saturated rings. The Morgan fingerprint density at radius 3 is 2.33 bits per heavy atom. The summed E-state index contributed by atoms with van der Waals surface area (Å²) in [5, 5.41) is 4.28. The monoisotopic (exact) mass is 519 g/mol. The highest BCUT2D eigenvalue weighted by atomic mass is 32.2. The number of carbonyl (C=O) groups is 1. The molecule has 0 radical (unpaired) electrons. The summed E-state index contributed by atoms with van der Waals surface area (Å²) in [6.07, 6.45) is 1.94. The number of fused-ring (bicyclic) bond motifs is 1. The molecule has 0 bridgehead atoms. The third-order valence-corrected chi connectivity index (χ3v) is 8.72. The predicted octanol–water partition coefficient (Wildman–Crippen LogP) is 6.98. The van der Waals surface area contributed by atoms with Crippen LogP contribution in [0.2, 0.25) is 0 Å². The maximum Gasteiger partial charge on any atom is 0.267 e. The van der Waals surface area contributed by atoms with Crippen molar-refractivity contribution in [2.45, 2.75) is 66.5 Å². The molecule has 0 aliphatic rings. The lowest BCUT2D eigenvalue weighted by Crippen LogP contribution is -2.23. The molecule has 4 rings (SSSR count). The zero-order valence-electron chi connectivity index (χ0n) is 22.0. The first-order valence-corrected chi connectivity index (χ1v) is 14.0. The van der Waals surface area contributed by atoms with E-state index in [1.54, 1.807) is 15.9 Å². The van der Waals surface area contributed by atoms with E-state index in [-0.39, 0.29) is 17.2 Å². The Balaban J connectivity index is 1.74. The van der Waals surface area contributed by atoms with Crippen LogP contribution in [-0.4, -0.2) is 21.2 Å². The molecule has 2 aromatic carbocycles. The molecule has 0 saturated heterocycles. The molecule has 7 heteroatoms. The largest absolute Gasteiger partial charge is 0.325 e. The number of benzene rings is 2. The molecule has 0 atom stereocenters. The Hall–Kier alpha value is -2.90. The number of hydrogen-bond acceptors (Lipinski definition) is 5. The fourth-order valence-corrected chi connectivity index (χ4v) is 6.68. The van der Waals surface area contributed by atoms with Crippen LogP contribution in [0.25, 0.3) is 15.9 Å². The first-order valence-electron chi connectivity index (χ1n) is 12.2. The lowest BCUT2D eigenvalue weighted by Gasteiger charge is -2.15. The summed E-state index contributed by atoms with van der Waals surface area (Å²) in [6.45, 7) is 14.3. The van der Waals surface area contributed by atoms with Crippen LogP contribution in [0.15, 0.2) is 40.3 Å². The Labute approximate surface area is 221 Å². The number of aryl methyl sites for hydroxylation is 7. The van der Waals surface area contributed by atoms with E-state index < -0.39 is 0 Å². The smallest absolute Gasteiger partial charge is 0.267 e. The van der Waals surface area contributed by atoms with Gasteiger partial charge in [-0.3, -0.25) is 14.2 Å². The average Bonchev–Trinajstić information content (AvgIpc) is 3.12. The Morgan fingerprint density at radius 2 is 1.69 bits per heavy atom. The molecular formula is C29H33N3O2S2. The summed E-state index contributed by atoms with van der Waals surface area (Å²) in [5.41, 5.74) is 8.07. The van der Waals surface area contributed by atoms with E-state index in [1.165, 1.54) is 22.2 Å². The number of amides is 1. The highest BCUT2D eigenvalue weighted by Gasteiger charge is 2.20. The van der Waals surface area contributed by atoms with Crippen LogP contribution in [0.5, 0.6) is 0 Å². The number of nitrogens with zero attached hydrogens (tertiary/aromatic N) is 2. The molecule has 188 valence electrons. The summed E-state index contributed by atoms with van der Waals surface area (Å²) >= 11 is 2.89. The van der Waals surface area contributed by atoms with Gasteiger partial charge >= 0.3 is 0 Å². The van der Waals surface area contributed by atoms with Crippen molar-refractivity contribution in [3.63, 3.8) is 0 Å². The van der Waals surface area contributed by atoms with E-state index in [9.17, 15) is 9.59 Å². The van der Waals surface area contributed by atoms with Gasteiger partial charge in [-0.1, -0.05) is 48.9 Å². The zero-order chi connectivity index (χ0) is 26.1. The number of carbonyl (C=O) groups excluding carboxylic acids is 1. The molecule has 0 saturated carbocycles. The molecule has 0 aliphatic carbocycles. The molecule has 0 spiro atoms. The highest BCUT2D eigenvalue weighted by Crippen LogP contribution is 2.31. The highest BCUT2D eigenvalue weighted by molar-refractivity contribution is 7.99. The average molecular weight is 520 g/mol. The lowest BCUT2D eigenvalue weighted by molar-refractivity contribution is -0.113. The van der Waals surface area contributed by atoms with E-state index in [4.69, 9.17) is 4.98 Å². The second kappa shape index (κ2) is 10.6. The van der Waals surface area contributed by atoms with Gasteiger partial charge in [-0.05, 0) is 87.9 Å². The fraction of sp³-hybridized carbons (Fsp3) is 0.345. The predicted molar refractivity (Wildman–Crippen MR) is 153 cm³/mol. The standard InChI is InChI=1S/C29H33N3O2S2/c1-8-9-23-21(7)25-27(36-23)31-29(32(28(25)34)22-11-10-17(3)18(4)14-22)35-15-24(33)30-26-19(5)12-16(2)13-20(26)6/h10-14H,8-9,15H2,1-7H3,(H,30,33). The van der Waals surface area contributed by atoms with Crippen LogP contribution in [0.4, 0.5) is 5.69 Å². The molecule has 2 aromatic heterocycles. The van der Waals surface area contributed by atoms with Crippen molar-refractivity contribution < 1.29 is 4.79 Å². The molecule has 2 heterocycles. The van der Waals surface area contributed by atoms with Crippen LogP contribution >= 0.6 is 23.1 Å². The van der Waals surface area contributed by atoms with Gasteiger partial charge in [-0.2, -0.15) is 0 Å². The lowest BCUT2D eigenvalue weighted by atomic mass is 10.1. The molecule has 0 aliphatic heterocycles. The number of anilines is 1. The van der Waals surface area contributed by atoms with Gasteiger partial charge in [0.25, 0.3) is 5.56 Å². The normalized spacial score (nSPS) is 11.3. The van der Waals surface area contributed by atoms with Crippen molar-refractivity contribution >= 4 is 44.9 Å². The van der Waals surface area contributed by atoms with E-state index in [0.717, 1.165) is 56.9 Å². The first kappa shape index (κ1) is 26.2.